The number of anilines is 2. The molecule has 0 saturated carbocycles. The molecule has 0 aliphatic carbocycles. The van der Waals surface area contributed by atoms with Crippen LogP contribution in [-0.4, -0.2) is 28.6 Å². The zero-order valence-electron chi connectivity index (χ0n) is 17.7. The van der Waals surface area contributed by atoms with Gasteiger partial charge >= 0.3 is 6.61 Å². The Balaban J connectivity index is 1.76. The summed E-state index contributed by atoms with van der Waals surface area (Å²) in [6.45, 7) is 3.30. The van der Waals surface area contributed by atoms with Crippen molar-refractivity contribution >= 4 is 28.7 Å². The summed E-state index contributed by atoms with van der Waals surface area (Å²) in [6.07, 6.45) is 0. The third kappa shape index (κ3) is 5.69. The second-order valence-corrected chi connectivity index (χ2v) is 7.42. The van der Waals surface area contributed by atoms with E-state index in [1.807, 2.05) is 49.7 Å². The molecule has 0 aliphatic heterocycles. The van der Waals surface area contributed by atoms with Gasteiger partial charge in [-0.25, -0.2) is 0 Å². The van der Waals surface area contributed by atoms with Crippen LogP contribution in [-0.2, 0) is 6.54 Å². The lowest BCUT2D eigenvalue weighted by atomic mass is 10.2. The highest BCUT2D eigenvalue weighted by Gasteiger charge is 2.15. The molecule has 9 heteroatoms. The predicted molar refractivity (Wildman–Crippen MR) is 121 cm³/mol. The van der Waals surface area contributed by atoms with Gasteiger partial charge in [-0.05, 0) is 68.4 Å². The number of aromatic nitrogens is 2. The van der Waals surface area contributed by atoms with Crippen molar-refractivity contribution in [3.8, 4) is 11.5 Å². The Morgan fingerprint density at radius 3 is 2.61 bits per heavy atom. The van der Waals surface area contributed by atoms with Crippen LogP contribution < -0.4 is 20.1 Å². The zero-order chi connectivity index (χ0) is 22.5. The van der Waals surface area contributed by atoms with Crippen molar-refractivity contribution in [2.24, 2.45) is 0 Å². The molecular formula is C22H24F2N4O2S. The van der Waals surface area contributed by atoms with Crippen molar-refractivity contribution in [2.45, 2.75) is 33.9 Å². The van der Waals surface area contributed by atoms with Gasteiger partial charge in [0.15, 0.2) is 5.11 Å². The molecule has 0 aliphatic rings. The van der Waals surface area contributed by atoms with Gasteiger partial charge in [-0.3, -0.25) is 4.68 Å². The van der Waals surface area contributed by atoms with Crippen LogP contribution in [0.25, 0.3) is 0 Å². The smallest absolute Gasteiger partial charge is 0.387 e. The van der Waals surface area contributed by atoms with Crippen LogP contribution in [0.1, 0.15) is 22.5 Å². The summed E-state index contributed by atoms with van der Waals surface area (Å²) >= 11 is 5.41. The average molecular weight is 447 g/mol. The van der Waals surface area contributed by atoms with Crippen LogP contribution in [0.5, 0.6) is 11.5 Å². The van der Waals surface area contributed by atoms with Crippen LogP contribution in [0.4, 0.5) is 20.2 Å². The maximum atomic E-state index is 12.7. The van der Waals surface area contributed by atoms with Gasteiger partial charge in [0, 0.05) is 0 Å². The molecule has 0 spiro atoms. The largest absolute Gasteiger partial charge is 0.497 e. The number of halogens is 2. The maximum absolute atomic E-state index is 12.7. The quantitative estimate of drug-likeness (QED) is 0.482. The van der Waals surface area contributed by atoms with E-state index in [0.29, 0.717) is 12.2 Å². The van der Waals surface area contributed by atoms with Crippen LogP contribution in [0.15, 0.2) is 42.5 Å². The Kier molecular flexibility index (Phi) is 7.06. The summed E-state index contributed by atoms with van der Waals surface area (Å²) in [5.74, 6) is 0.801. The molecule has 0 amide bonds. The van der Waals surface area contributed by atoms with Crippen LogP contribution in [0.3, 0.4) is 0 Å². The molecule has 0 bridgehead atoms. The molecule has 164 valence electrons. The van der Waals surface area contributed by atoms with Crippen LogP contribution in [0, 0.1) is 20.8 Å². The molecule has 3 aromatic rings. The second kappa shape index (κ2) is 9.74. The van der Waals surface area contributed by atoms with Crippen molar-refractivity contribution in [1.29, 1.82) is 0 Å². The molecule has 2 N–H and O–H groups in total. The lowest BCUT2D eigenvalue weighted by molar-refractivity contribution is -0.0493. The number of nitrogens with zero attached hydrogens (tertiary/aromatic N) is 2. The van der Waals surface area contributed by atoms with Gasteiger partial charge in [0.05, 0.1) is 36.4 Å². The van der Waals surface area contributed by atoms with Crippen LogP contribution in [0.2, 0.25) is 0 Å². The minimum atomic E-state index is -2.93. The molecule has 31 heavy (non-hydrogen) atoms. The molecule has 0 atom stereocenters. The Bertz CT molecular complexity index is 1090. The summed E-state index contributed by atoms with van der Waals surface area (Å²) in [7, 11) is 1.63. The van der Waals surface area contributed by atoms with E-state index in [-0.39, 0.29) is 10.9 Å². The molecule has 0 fully saturated rings. The van der Waals surface area contributed by atoms with Gasteiger partial charge in [0.25, 0.3) is 0 Å². The average Bonchev–Trinajstić information content (AvgIpc) is 2.97. The SMILES string of the molecule is COc1cccc(Cn2nc(C)c(NC(=S)Nc3cc(C)ccc3OC(F)F)c2C)c1. The maximum Gasteiger partial charge on any atom is 0.387 e. The van der Waals surface area contributed by atoms with Gasteiger partial charge in [-0.2, -0.15) is 13.9 Å². The number of nitrogens with one attached hydrogen (secondary N) is 2. The van der Waals surface area contributed by atoms with Crippen molar-refractivity contribution in [3.63, 3.8) is 0 Å². The number of alkyl halides is 2. The number of hydrogen-bond donors (Lipinski definition) is 2. The van der Waals surface area contributed by atoms with Gasteiger partial charge in [0.1, 0.15) is 11.5 Å². The Morgan fingerprint density at radius 1 is 1.13 bits per heavy atom. The van der Waals surface area contributed by atoms with E-state index < -0.39 is 6.61 Å². The second-order valence-electron chi connectivity index (χ2n) is 7.01. The van der Waals surface area contributed by atoms with Crippen molar-refractivity contribution < 1.29 is 18.3 Å². The summed E-state index contributed by atoms with van der Waals surface area (Å²) in [5, 5.41) is 10.9. The summed E-state index contributed by atoms with van der Waals surface area (Å²) in [5.41, 5.74) is 4.69. The number of ether oxygens (including phenoxy) is 2. The van der Waals surface area contributed by atoms with E-state index >= 15 is 0 Å². The standard InChI is InChI=1S/C22H24F2N4O2S/c1-13-8-9-19(30-21(23)24)18(10-13)25-22(31)26-20-14(2)27-28(15(20)3)12-16-6-5-7-17(11-16)29-4/h5-11,21H,12H2,1-4H3,(H2,25,26,31). The molecule has 0 saturated heterocycles. The van der Waals surface area contributed by atoms with E-state index in [1.54, 1.807) is 19.2 Å². The fourth-order valence-corrected chi connectivity index (χ4v) is 3.39. The van der Waals surface area contributed by atoms with E-state index in [9.17, 15) is 8.78 Å². The molecular weight excluding hydrogens is 422 g/mol. The fraction of sp³-hybridized carbons (Fsp3) is 0.273. The van der Waals surface area contributed by atoms with E-state index in [2.05, 4.69) is 20.5 Å². The molecule has 2 aromatic carbocycles. The van der Waals surface area contributed by atoms with Gasteiger partial charge in [0.2, 0.25) is 0 Å². The summed E-state index contributed by atoms with van der Waals surface area (Å²) in [4.78, 5) is 0. The van der Waals surface area contributed by atoms with Crippen molar-refractivity contribution in [1.82, 2.24) is 9.78 Å². The number of hydrogen-bond acceptors (Lipinski definition) is 4. The molecule has 3 rings (SSSR count). The number of thiocarbonyl (C=S) groups is 1. The van der Waals surface area contributed by atoms with E-state index in [4.69, 9.17) is 17.0 Å². The van der Waals surface area contributed by atoms with Gasteiger partial charge in [-0.1, -0.05) is 18.2 Å². The fourth-order valence-electron chi connectivity index (χ4n) is 3.18. The Morgan fingerprint density at radius 2 is 1.90 bits per heavy atom. The molecule has 1 aromatic heterocycles. The lowest BCUT2D eigenvalue weighted by Crippen LogP contribution is -2.21. The molecule has 0 radical (unpaired) electrons. The van der Waals surface area contributed by atoms with E-state index in [1.165, 1.54) is 6.07 Å². The predicted octanol–water partition coefficient (Wildman–Crippen LogP) is 5.28. The van der Waals surface area contributed by atoms with Gasteiger partial charge < -0.3 is 20.1 Å². The highest BCUT2D eigenvalue weighted by molar-refractivity contribution is 7.80. The monoisotopic (exact) mass is 446 g/mol. The highest BCUT2D eigenvalue weighted by atomic mass is 32.1. The van der Waals surface area contributed by atoms with E-state index in [0.717, 1.165) is 34.0 Å². The lowest BCUT2D eigenvalue weighted by Gasteiger charge is -2.15. The zero-order valence-corrected chi connectivity index (χ0v) is 18.5. The minimum absolute atomic E-state index is 0.0203. The first-order chi connectivity index (χ1) is 14.8. The number of rotatable bonds is 7. The summed E-state index contributed by atoms with van der Waals surface area (Å²) in [6, 6.07) is 12.6. The highest BCUT2D eigenvalue weighted by Crippen LogP contribution is 2.28. The third-order valence-corrected chi connectivity index (χ3v) is 4.89. The Labute approximate surface area is 185 Å². The third-order valence-electron chi connectivity index (χ3n) is 4.69. The first-order valence-corrected chi connectivity index (χ1v) is 9.98. The van der Waals surface area contributed by atoms with Crippen LogP contribution >= 0.6 is 12.2 Å². The molecule has 1 heterocycles. The first kappa shape index (κ1) is 22.5. The molecule has 6 nitrogen and oxygen atoms in total. The topological polar surface area (TPSA) is 60.3 Å². The normalized spacial score (nSPS) is 10.8. The minimum Gasteiger partial charge on any atom is -0.497 e. The van der Waals surface area contributed by atoms with Crippen molar-refractivity contribution in [2.75, 3.05) is 17.7 Å². The first-order valence-electron chi connectivity index (χ1n) is 9.57. The molecule has 0 unspecified atom stereocenters. The van der Waals surface area contributed by atoms with Crippen molar-refractivity contribution in [3.05, 3.63) is 65.0 Å². The number of benzene rings is 2. The Hall–Kier alpha value is -3.20. The number of methoxy groups -OCH3 is 1. The number of aryl methyl sites for hydroxylation is 2. The van der Waals surface area contributed by atoms with Gasteiger partial charge in [-0.15, -0.1) is 0 Å². The summed E-state index contributed by atoms with van der Waals surface area (Å²) < 4.78 is 37.1.